The molecule has 0 bridgehead atoms. The van der Waals surface area contributed by atoms with Crippen LogP contribution < -0.4 is 4.72 Å². The largest absolute Gasteiger partial charge is 0.215 e. The molecule has 0 amide bonds. The van der Waals surface area contributed by atoms with Gasteiger partial charge in [-0.1, -0.05) is 50.6 Å². The molecule has 0 aliphatic rings. The monoisotopic (exact) mass is 269 g/mol. The number of rotatable bonds is 8. The lowest BCUT2D eigenvalue weighted by Gasteiger charge is -2.12. The van der Waals surface area contributed by atoms with Crippen LogP contribution in [-0.2, 0) is 10.0 Å². The molecule has 0 aromatic heterocycles. The second kappa shape index (κ2) is 7.54. The van der Waals surface area contributed by atoms with E-state index in [4.69, 9.17) is 0 Å². The Hall–Kier alpha value is -0.870. The van der Waals surface area contributed by atoms with Gasteiger partial charge >= 0.3 is 0 Å². The molecule has 0 aliphatic carbocycles. The standard InChI is InChI=1S/C14H23NO2S/c1-3-4-12-18(16,17)15-11-10-13(2)14-8-6-5-7-9-14/h5-9,13,15H,3-4,10-12H2,1-2H3. The van der Waals surface area contributed by atoms with E-state index < -0.39 is 10.0 Å². The van der Waals surface area contributed by atoms with Crippen molar-refractivity contribution in [3.63, 3.8) is 0 Å². The Kier molecular flexibility index (Phi) is 6.36. The Morgan fingerprint density at radius 2 is 1.89 bits per heavy atom. The fourth-order valence-electron chi connectivity index (χ4n) is 1.79. The minimum Gasteiger partial charge on any atom is -0.215 e. The first-order valence-corrected chi connectivity index (χ1v) is 8.22. The zero-order valence-electron chi connectivity index (χ0n) is 11.2. The van der Waals surface area contributed by atoms with E-state index in [0.717, 1.165) is 19.3 Å². The number of benzene rings is 1. The van der Waals surface area contributed by atoms with Crippen molar-refractivity contribution < 1.29 is 8.42 Å². The average Bonchev–Trinajstić information content (AvgIpc) is 2.37. The Bertz CT molecular complexity index is 428. The molecule has 0 radical (unpaired) electrons. The Morgan fingerprint density at radius 1 is 1.22 bits per heavy atom. The molecule has 0 fully saturated rings. The maximum atomic E-state index is 11.6. The van der Waals surface area contributed by atoms with E-state index in [1.165, 1.54) is 5.56 Å². The molecule has 3 nitrogen and oxygen atoms in total. The van der Waals surface area contributed by atoms with Crippen LogP contribution in [0.1, 0.15) is 44.6 Å². The highest BCUT2D eigenvalue weighted by molar-refractivity contribution is 7.89. The minimum absolute atomic E-state index is 0.239. The van der Waals surface area contributed by atoms with Crippen LogP contribution in [0.3, 0.4) is 0 Å². The van der Waals surface area contributed by atoms with Gasteiger partial charge in [-0.05, 0) is 24.3 Å². The molecule has 0 aliphatic heterocycles. The van der Waals surface area contributed by atoms with Gasteiger partial charge in [0.05, 0.1) is 5.75 Å². The lowest BCUT2D eigenvalue weighted by Crippen LogP contribution is -2.28. The number of unbranched alkanes of at least 4 members (excludes halogenated alkanes) is 1. The summed E-state index contributed by atoms with van der Waals surface area (Å²) in [6, 6.07) is 10.2. The van der Waals surface area contributed by atoms with Crippen LogP contribution in [0.2, 0.25) is 0 Å². The SMILES string of the molecule is CCCCS(=O)(=O)NCCC(C)c1ccccc1. The molecular formula is C14H23NO2S. The Morgan fingerprint density at radius 3 is 2.50 bits per heavy atom. The summed E-state index contributed by atoms with van der Waals surface area (Å²) in [5, 5.41) is 0. The lowest BCUT2D eigenvalue weighted by atomic mass is 9.98. The van der Waals surface area contributed by atoms with Crippen molar-refractivity contribution in [2.45, 2.75) is 39.0 Å². The predicted octanol–water partition coefficient (Wildman–Crippen LogP) is 2.90. The topological polar surface area (TPSA) is 46.2 Å². The molecule has 18 heavy (non-hydrogen) atoms. The van der Waals surface area contributed by atoms with Crippen LogP contribution >= 0.6 is 0 Å². The van der Waals surface area contributed by atoms with E-state index in [1.54, 1.807) is 0 Å². The van der Waals surface area contributed by atoms with Gasteiger partial charge in [0.1, 0.15) is 0 Å². The highest BCUT2D eigenvalue weighted by Gasteiger charge is 2.10. The summed E-state index contributed by atoms with van der Waals surface area (Å²) >= 11 is 0. The van der Waals surface area contributed by atoms with Crippen molar-refractivity contribution >= 4 is 10.0 Å². The first kappa shape index (κ1) is 15.2. The maximum absolute atomic E-state index is 11.6. The summed E-state index contributed by atoms with van der Waals surface area (Å²) in [4.78, 5) is 0. The van der Waals surface area contributed by atoms with Gasteiger partial charge in [0.25, 0.3) is 0 Å². The van der Waals surface area contributed by atoms with Crippen LogP contribution in [0.4, 0.5) is 0 Å². The maximum Gasteiger partial charge on any atom is 0.211 e. The summed E-state index contributed by atoms with van der Waals surface area (Å²) in [5.74, 6) is 0.614. The summed E-state index contributed by atoms with van der Waals surface area (Å²) in [6.07, 6.45) is 2.46. The molecule has 1 rings (SSSR count). The number of sulfonamides is 1. The number of hydrogen-bond acceptors (Lipinski definition) is 2. The van der Waals surface area contributed by atoms with Gasteiger partial charge < -0.3 is 0 Å². The number of nitrogens with one attached hydrogen (secondary N) is 1. The molecule has 0 spiro atoms. The van der Waals surface area contributed by atoms with E-state index in [-0.39, 0.29) is 5.75 Å². The van der Waals surface area contributed by atoms with Crippen molar-refractivity contribution in [2.75, 3.05) is 12.3 Å². The van der Waals surface area contributed by atoms with Gasteiger partial charge in [-0.3, -0.25) is 0 Å². The van der Waals surface area contributed by atoms with Crippen molar-refractivity contribution in [3.8, 4) is 0 Å². The van der Waals surface area contributed by atoms with Gasteiger partial charge in [-0.15, -0.1) is 0 Å². The van der Waals surface area contributed by atoms with E-state index in [2.05, 4.69) is 23.8 Å². The van der Waals surface area contributed by atoms with Crippen LogP contribution in [0.5, 0.6) is 0 Å². The van der Waals surface area contributed by atoms with E-state index in [1.807, 2.05) is 25.1 Å². The predicted molar refractivity (Wildman–Crippen MR) is 76.2 cm³/mol. The molecule has 0 heterocycles. The quantitative estimate of drug-likeness (QED) is 0.788. The molecule has 102 valence electrons. The van der Waals surface area contributed by atoms with Crippen molar-refractivity contribution in [3.05, 3.63) is 35.9 Å². The molecule has 1 N–H and O–H groups in total. The fraction of sp³-hybridized carbons (Fsp3) is 0.571. The van der Waals surface area contributed by atoms with Crippen LogP contribution in [0.25, 0.3) is 0 Å². The molecule has 4 heteroatoms. The second-order valence-corrected chi connectivity index (χ2v) is 6.59. The summed E-state index contributed by atoms with van der Waals surface area (Å²) in [5.41, 5.74) is 1.25. The smallest absolute Gasteiger partial charge is 0.211 e. The molecule has 1 atom stereocenters. The van der Waals surface area contributed by atoms with E-state index in [0.29, 0.717) is 12.5 Å². The fourth-order valence-corrected chi connectivity index (χ4v) is 3.03. The zero-order valence-corrected chi connectivity index (χ0v) is 12.0. The summed E-state index contributed by atoms with van der Waals surface area (Å²) in [6.45, 7) is 4.63. The first-order chi connectivity index (χ1) is 8.55. The normalized spacial score (nSPS) is 13.4. The van der Waals surface area contributed by atoms with E-state index in [9.17, 15) is 8.42 Å². The van der Waals surface area contributed by atoms with Crippen LogP contribution in [0, 0.1) is 0 Å². The minimum atomic E-state index is -3.07. The van der Waals surface area contributed by atoms with Crippen LogP contribution in [0.15, 0.2) is 30.3 Å². The Balaban J connectivity index is 2.34. The Labute approximate surface area is 111 Å². The van der Waals surface area contributed by atoms with Gasteiger partial charge in [-0.2, -0.15) is 0 Å². The third-order valence-electron chi connectivity index (χ3n) is 3.03. The molecule has 1 aromatic rings. The molecular weight excluding hydrogens is 246 g/mol. The van der Waals surface area contributed by atoms with Gasteiger partial charge in [-0.25, -0.2) is 13.1 Å². The van der Waals surface area contributed by atoms with Gasteiger partial charge in [0.2, 0.25) is 10.0 Å². The van der Waals surface area contributed by atoms with Crippen molar-refractivity contribution in [2.24, 2.45) is 0 Å². The van der Waals surface area contributed by atoms with Crippen LogP contribution in [-0.4, -0.2) is 20.7 Å². The third-order valence-corrected chi connectivity index (χ3v) is 4.50. The highest BCUT2D eigenvalue weighted by atomic mass is 32.2. The third kappa shape index (κ3) is 5.65. The zero-order chi connectivity index (χ0) is 13.4. The molecule has 0 saturated heterocycles. The average molecular weight is 269 g/mol. The lowest BCUT2D eigenvalue weighted by molar-refractivity contribution is 0.569. The van der Waals surface area contributed by atoms with Gasteiger partial charge in [0, 0.05) is 6.54 Å². The molecule has 1 aromatic carbocycles. The first-order valence-electron chi connectivity index (χ1n) is 6.57. The van der Waals surface area contributed by atoms with Crippen molar-refractivity contribution in [1.82, 2.24) is 4.72 Å². The number of hydrogen-bond donors (Lipinski definition) is 1. The molecule has 1 unspecified atom stereocenters. The van der Waals surface area contributed by atoms with E-state index >= 15 is 0 Å². The summed E-state index contributed by atoms with van der Waals surface area (Å²) < 4.78 is 25.9. The van der Waals surface area contributed by atoms with Crippen molar-refractivity contribution in [1.29, 1.82) is 0 Å². The highest BCUT2D eigenvalue weighted by Crippen LogP contribution is 2.17. The second-order valence-electron chi connectivity index (χ2n) is 4.67. The summed E-state index contributed by atoms with van der Waals surface area (Å²) in [7, 11) is -3.07. The molecule has 0 saturated carbocycles. The van der Waals surface area contributed by atoms with Gasteiger partial charge in [0.15, 0.2) is 0 Å².